The highest BCUT2D eigenvalue weighted by molar-refractivity contribution is 5.89. The predicted molar refractivity (Wildman–Crippen MR) is 95.3 cm³/mol. The van der Waals surface area contributed by atoms with Crippen molar-refractivity contribution in [1.82, 2.24) is 10.2 Å². The number of hydrogen-bond acceptors (Lipinski definition) is 3. The molecule has 23 heavy (non-hydrogen) atoms. The minimum absolute atomic E-state index is 0.265. The topological polar surface area (TPSA) is 32.3 Å². The zero-order valence-corrected chi connectivity index (χ0v) is 14.1. The first kappa shape index (κ1) is 16.4. The Bertz CT molecular complexity index is 554. The number of carbonyl (C=O) groups excluding carboxylic acids is 1. The predicted octanol–water partition coefficient (Wildman–Crippen LogP) is 3.27. The van der Waals surface area contributed by atoms with Gasteiger partial charge in [-0.25, -0.2) is 0 Å². The van der Waals surface area contributed by atoms with Gasteiger partial charge in [0.2, 0.25) is 0 Å². The van der Waals surface area contributed by atoms with Crippen LogP contribution in [0.5, 0.6) is 0 Å². The maximum atomic E-state index is 12.7. The Morgan fingerprint density at radius 1 is 1.39 bits per heavy atom. The molecule has 2 fully saturated rings. The Morgan fingerprint density at radius 2 is 2.22 bits per heavy atom. The third kappa shape index (κ3) is 3.91. The van der Waals surface area contributed by atoms with Crippen LogP contribution in [0.1, 0.15) is 44.6 Å². The van der Waals surface area contributed by atoms with Gasteiger partial charge in [-0.15, -0.1) is 0 Å². The summed E-state index contributed by atoms with van der Waals surface area (Å²) in [7, 11) is 0. The van der Waals surface area contributed by atoms with Gasteiger partial charge in [-0.05, 0) is 24.8 Å². The molecule has 1 aromatic rings. The number of Topliss-reactive ketones (excluding diaryl/α,β-unsaturated/α-hetero) is 1. The number of rotatable bonds is 7. The van der Waals surface area contributed by atoms with Gasteiger partial charge in [0.05, 0.1) is 5.54 Å². The second-order valence-electron chi connectivity index (χ2n) is 7.00. The Morgan fingerprint density at radius 3 is 3.00 bits per heavy atom. The van der Waals surface area contributed by atoms with Crippen molar-refractivity contribution in [3.63, 3.8) is 0 Å². The number of piperazine rings is 1. The normalized spacial score (nSPS) is 27.6. The molecule has 3 nitrogen and oxygen atoms in total. The first-order valence-electron chi connectivity index (χ1n) is 8.97. The summed E-state index contributed by atoms with van der Waals surface area (Å²) < 4.78 is 0. The van der Waals surface area contributed by atoms with Crippen LogP contribution in [0.3, 0.4) is 0 Å². The monoisotopic (exact) mass is 312 g/mol. The molecule has 0 aromatic heterocycles. The van der Waals surface area contributed by atoms with Gasteiger partial charge in [0.15, 0.2) is 5.78 Å². The van der Waals surface area contributed by atoms with Crippen molar-refractivity contribution in [3.05, 3.63) is 42.0 Å². The molecule has 2 unspecified atom stereocenters. The maximum Gasteiger partial charge on any atom is 0.154 e. The molecular formula is C20H28N2O. The smallest absolute Gasteiger partial charge is 0.154 e. The van der Waals surface area contributed by atoms with E-state index in [1.54, 1.807) is 0 Å². The lowest BCUT2D eigenvalue weighted by atomic mass is 9.88. The number of carbonyl (C=O) groups is 1. The average Bonchev–Trinajstić information content (AvgIpc) is 2.89. The highest BCUT2D eigenvalue weighted by Gasteiger charge is 2.48. The van der Waals surface area contributed by atoms with E-state index in [-0.39, 0.29) is 5.54 Å². The molecule has 0 amide bonds. The van der Waals surface area contributed by atoms with Crippen molar-refractivity contribution < 1.29 is 4.79 Å². The molecule has 2 aliphatic rings. The average molecular weight is 312 g/mol. The Hall–Kier alpha value is -1.45. The first-order valence-corrected chi connectivity index (χ1v) is 8.97. The van der Waals surface area contributed by atoms with Crippen molar-refractivity contribution >= 4 is 11.9 Å². The van der Waals surface area contributed by atoms with E-state index in [1.807, 2.05) is 6.07 Å². The van der Waals surface area contributed by atoms with Gasteiger partial charge in [0.25, 0.3) is 0 Å². The zero-order chi connectivity index (χ0) is 16.1. The summed E-state index contributed by atoms with van der Waals surface area (Å²) in [5.41, 5.74) is 0.970. The highest BCUT2D eigenvalue weighted by atomic mass is 16.1. The molecule has 2 atom stereocenters. The molecule has 3 heteroatoms. The van der Waals surface area contributed by atoms with Crippen molar-refractivity contribution in [2.75, 3.05) is 19.6 Å². The maximum absolute atomic E-state index is 12.7. The third-order valence-corrected chi connectivity index (χ3v) is 5.14. The Labute approximate surface area is 139 Å². The van der Waals surface area contributed by atoms with E-state index < -0.39 is 0 Å². The number of unbranched alkanes of at least 4 members (excludes halogenated alkanes) is 1. The van der Waals surface area contributed by atoms with E-state index >= 15 is 0 Å². The molecule has 2 heterocycles. The van der Waals surface area contributed by atoms with E-state index in [4.69, 9.17) is 0 Å². The molecule has 2 bridgehead atoms. The first-order chi connectivity index (χ1) is 11.2. The molecule has 2 aliphatic heterocycles. The van der Waals surface area contributed by atoms with Gasteiger partial charge in [0.1, 0.15) is 0 Å². The summed E-state index contributed by atoms with van der Waals surface area (Å²) >= 11 is 0. The molecule has 1 N–H and O–H groups in total. The van der Waals surface area contributed by atoms with Crippen LogP contribution in [0.4, 0.5) is 0 Å². The molecule has 0 aliphatic carbocycles. The largest absolute Gasteiger partial charge is 0.300 e. The highest BCUT2D eigenvalue weighted by Crippen LogP contribution is 2.32. The molecule has 0 saturated carbocycles. The molecule has 0 spiro atoms. The molecule has 2 saturated heterocycles. The van der Waals surface area contributed by atoms with E-state index in [2.05, 4.69) is 53.6 Å². The number of ketones is 1. The Balaban J connectivity index is 1.59. The quantitative estimate of drug-likeness (QED) is 0.839. The molecule has 3 rings (SSSR count). The number of likely N-dealkylation sites (tertiary alicyclic amines) is 1. The van der Waals surface area contributed by atoms with E-state index in [1.165, 1.54) is 5.56 Å². The van der Waals surface area contributed by atoms with Gasteiger partial charge >= 0.3 is 0 Å². The van der Waals surface area contributed by atoms with Crippen molar-refractivity contribution in [3.8, 4) is 0 Å². The van der Waals surface area contributed by atoms with Crippen molar-refractivity contribution in [2.24, 2.45) is 0 Å². The van der Waals surface area contributed by atoms with Gasteiger partial charge in [-0.3, -0.25) is 15.0 Å². The third-order valence-electron chi connectivity index (χ3n) is 5.14. The fourth-order valence-electron chi connectivity index (χ4n) is 3.90. The summed E-state index contributed by atoms with van der Waals surface area (Å²) in [4.78, 5) is 15.1. The van der Waals surface area contributed by atoms with Crippen LogP contribution in [0.15, 0.2) is 36.4 Å². The number of hydrogen-bond donors (Lipinski definition) is 1. The van der Waals surface area contributed by atoms with Crippen molar-refractivity contribution in [2.45, 2.75) is 50.6 Å². The zero-order valence-electron chi connectivity index (χ0n) is 14.1. The number of nitrogens with zero attached hydrogens (tertiary/aromatic N) is 1. The van der Waals surface area contributed by atoms with Crippen LogP contribution in [0, 0.1) is 0 Å². The van der Waals surface area contributed by atoms with Crippen LogP contribution >= 0.6 is 0 Å². The second kappa shape index (κ2) is 7.41. The standard InChI is InChI=1S/C20H28N2O/c1-2-3-11-19(23)20-13-12-18(21-20)15-22(16-20)14-7-10-17-8-5-4-6-9-17/h4-10,18,21H,2-3,11-16H2,1H3/b10-7+. The van der Waals surface area contributed by atoms with Gasteiger partial charge < -0.3 is 0 Å². The Kier molecular flexibility index (Phi) is 5.29. The summed E-state index contributed by atoms with van der Waals surface area (Å²) in [5.74, 6) is 0.429. The molecular weight excluding hydrogens is 284 g/mol. The summed E-state index contributed by atoms with van der Waals surface area (Å²) in [5, 5.41) is 3.64. The van der Waals surface area contributed by atoms with Crippen molar-refractivity contribution in [1.29, 1.82) is 0 Å². The van der Waals surface area contributed by atoms with E-state index in [9.17, 15) is 4.79 Å². The SMILES string of the molecule is CCCCC(=O)C12CCC(CN(C/C=C/c3ccccc3)C1)N2. The summed E-state index contributed by atoms with van der Waals surface area (Å²) in [6.07, 6.45) is 9.38. The number of fused-ring (bicyclic) bond motifs is 2. The molecule has 124 valence electrons. The minimum Gasteiger partial charge on any atom is -0.300 e. The fourth-order valence-corrected chi connectivity index (χ4v) is 3.90. The van der Waals surface area contributed by atoms with Crippen LogP contribution < -0.4 is 5.32 Å². The lowest BCUT2D eigenvalue weighted by Crippen LogP contribution is -2.63. The molecule has 0 radical (unpaired) electrons. The number of nitrogens with one attached hydrogen (secondary N) is 1. The summed E-state index contributed by atoms with van der Waals surface area (Å²) in [6, 6.07) is 10.9. The van der Waals surface area contributed by atoms with E-state index in [0.717, 1.165) is 51.7 Å². The number of benzene rings is 1. The van der Waals surface area contributed by atoms with E-state index in [0.29, 0.717) is 11.8 Å². The molecule has 1 aromatic carbocycles. The lowest BCUT2D eigenvalue weighted by molar-refractivity contribution is -0.126. The lowest BCUT2D eigenvalue weighted by Gasteiger charge is -2.40. The van der Waals surface area contributed by atoms with Crippen LogP contribution in [-0.2, 0) is 4.79 Å². The van der Waals surface area contributed by atoms with Gasteiger partial charge in [0, 0.05) is 32.1 Å². The minimum atomic E-state index is -0.265. The van der Waals surface area contributed by atoms with Crippen LogP contribution in [-0.4, -0.2) is 41.9 Å². The van der Waals surface area contributed by atoms with Crippen LogP contribution in [0.2, 0.25) is 0 Å². The van der Waals surface area contributed by atoms with Crippen LogP contribution in [0.25, 0.3) is 6.08 Å². The van der Waals surface area contributed by atoms with Gasteiger partial charge in [-0.1, -0.05) is 55.8 Å². The second-order valence-corrected chi connectivity index (χ2v) is 7.00. The van der Waals surface area contributed by atoms with Gasteiger partial charge in [-0.2, -0.15) is 0 Å². The summed E-state index contributed by atoms with van der Waals surface area (Å²) in [6.45, 7) is 5.00. The fraction of sp³-hybridized carbons (Fsp3) is 0.550.